The van der Waals surface area contributed by atoms with Crippen LogP contribution in [0, 0.1) is 0 Å². The van der Waals surface area contributed by atoms with Crippen molar-refractivity contribution >= 4 is 12.6 Å². The Bertz CT molecular complexity index is 197. The summed E-state index contributed by atoms with van der Waals surface area (Å²) in [5.41, 5.74) is 0. The van der Waals surface area contributed by atoms with Crippen molar-refractivity contribution < 1.29 is 4.42 Å². The topological polar surface area (TPSA) is 26.0 Å². The van der Waals surface area contributed by atoms with Crippen LogP contribution in [0.3, 0.4) is 0 Å². The zero-order chi connectivity index (χ0) is 7.40. The summed E-state index contributed by atoms with van der Waals surface area (Å²) in [6, 6.07) is 0. The first-order valence-electron chi connectivity index (χ1n) is 3.41. The molecule has 1 heterocycles. The van der Waals surface area contributed by atoms with Gasteiger partial charge in [0.25, 0.3) is 0 Å². The molecule has 1 aromatic heterocycles. The van der Waals surface area contributed by atoms with Gasteiger partial charge in [0.1, 0.15) is 5.76 Å². The highest BCUT2D eigenvalue weighted by Crippen LogP contribution is 2.04. The highest BCUT2D eigenvalue weighted by molar-refractivity contribution is 7.80. The van der Waals surface area contributed by atoms with Crippen molar-refractivity contribution in [3.8, 4) is 0 Å². The fourth-order valence-corrected chi connectivity index (χ4v) is 0.914. The molecule has 0 amide bonds. The van der Waals surface area contributed by atoms with E-state index in [1.165, 1.54) is 0 Å². The Kier molecular flexibility index (Phi) is 2.81. The number of nitrogens with zero attached hydrogens (tertiary/aromatic N) is 1. The largest absolute Gasteiger partial charge is 0.446 e. The van der Waals surface area contributed by atoms with E-state index in [9.17, 15) is 0 Å². The van der Waals surface area contributed by atoms with Gasteiger partial charge in [0.05, 0.1) is 6.20 Å². The Morgan fingerprint density at radius 2 is 2.50 bits per heavy atom. The van der Waals surface area contributed by atoms with E-state index in [0.717, 1.165) is 30.2 Å². The first-order chi connectivity index (χ1) is 4.86. The molecule has 0 aliphatic rings. The van der Waals surface area contributed by atoms with Crippen molar-refractivity contribution in [1.29, 1.82) is 0 Å². The minimum Gasteiger partial charge on any atom is -0.446 e. The molecule has 3 heteroatoms. The average Bonchev–Trinajstić information content (AvgIpc) is 2.37. The third-order valence-electron chi connectivity index (χ3n) is 1.28. The number of aryl methyl sites for hydroxylation is 2. The second-order valence-electron chi connectivity index (χ2n) is 2.05. The summed E-state index contributed by atoms with van der Waals surface area (Å²) in [5.74, 6) is 2.55. The molecular weight excluding hydrogens is 146 g/mol. The zero-order valence-electron chi connectivity index (χ0n) is 6.00. The molecule has 0 aliphatic carbocycles. The van der Waals surface area contributed by atoms with Crippen molar-refractivity contribution in [3.05, 3.63) is 17.8 Å². The summed E-state index contributed by atoms with van der Waals surface area (Å²) in [6.07, 6.45) is 3.52. The number of hydrogen-bond donors (Lipinski definition) is 1. The van der Waals surface area contributed by atoms with Crippen LogP contribution in [0.15, 0.2) is 10.6 Å². The first kappa shape index (κ1) is 7.66. The molecule has 0 aliphatic heterocycles. The molecule has 0 atom stereocenters. The normalized spacial score (nSPS) is 10.2. The fraction of sp³-hybridized carbons (Fsp3) is 0.571. The van der Waals surface area contributed by atoms with E-state index in [1.807, 2.05) is 6.92 Å². The van der Waals surface area contributed by atoms with Crippen LogP contribution in [-0.4, -0.2) is 10.7 Å². The number of oxazole rings is 1. The molecule has 0 spiro atoms. The van der Waals surface area contributed by atoms with Crippen LogP contribution in [0.2, 0.25) is 0 Å². The van der Waals surface area contributed by atoms with Crippen LogP contribution in [-0.2, 0) is 12.8 Å². The molecule has 2 nitrogen and oxygen atoms in total. The minimum absolute atomic E-state index is 0.795. The number of hydrogen-bond acceptors (Lipinski definition) is 3. The summed E-state index contributed by atoms with van der Waals surface area (Å²) in [4.78, 5) is 4.06. The van der Waals surface area contributed by atoms with Crippen molar-refractivity contribution in [2.75, 3.05) is 5.75 Å². The molecule has 0 bridgehead atoms. The maximum absolute atomic E-state index is 5.31. The van der Waals surface area contributed by atoms with Gasteiger partial charge in [0.15, 0.2) is 5.89 Å². The summed E-state index contributed by atoms with van der Waals surface area (Å²) in [7, 11) is 0. The van der Waals surface area contributed by atoms with Crippen molar-refractivity contribution in [2.45, 2.75) is 19.8 Å². The lowest BCUT2D eigenvalue weighted by atomic mass is 10.4. The van der Waals surface area contributed by atoms with Gasteiger partial charge in [-0.2, -0.15) is 12.6 Å². The van der Waals surface area contributed by atoms with Gasteiger partial charge in [0.2, 0.25) is 0 Å². The third kappa shape index (κ3) is 1.77. The Hall–Kier alpha value is -0.440. The lowest BCUT2D eigenvalue weighted by Crippen LogP contribution is -1.83. The van der Waals surface area contributed by atoms with E-state index >= 15 is 0 Å². The van der Waals surface area contributed by atoms with Gasteiger partial charge in [-0.3, -0.25) is 0 Å². The summed E-state index contributed by atoms with van der Waals surface area (Å²) in [6.45, 7) is 2.05. The standard InChI is InChI=1S/C7H11NOS/c1-2-6-5-8-7(9-6)3-4-10/h5,10H,2-4H2,1H3. The molecule has 0 radical (unpaired) electrons. The zero-order valence-corrected chi connectivity index (χ0v) is 6.90. The van der Waals surface area contributed by atoms with Crippen LogP contribution in [0.4, 0.5) is 0 Å². The van der Waals surface area contributed by atoms with Crippen LogP contribution in [0.25, 0.3) is 0 Å². The van der Waals surface area contributed by atoms with Gasteiger partial charge < -0.3 is 4.42 Å². The quantitative estimate of drug-likeness (QED) is 0.676. The second-order valence-corrected chi connectivity index (χ2v) is 2.49. The van der Waals surface area contributed by atoms with E-state index in [0.29, 0.717) is 0 Å². The van der Waals surface area contributed by atoms with Crippen LogP contribution in [0.5, 0.6) is 0 Å². The monoisotopic (exact) mass is 157 g/mol. The number of rotatable bonds is 3. The fourth-order valence-electron chi connectivity index (χ4n) is 0.723. The smallest absolute Gasteiger partial charge is 0.195 e. The molecule has 0 saturated heterocycles. The van der Waals surface area contributed by atoms with Gasteiger partial charge in [-0.25, -0.2) is 4.98 Å². The molecule has 0 N–H and O–H groups in total. The molecule has 0 saturated carbocycles. The van der Waals surface area contributed by atoms with Crippen molar-refractivity contribution in [1.82, 2.24) is 4.98 Å². The molecule has 56 valence electrons. The Labute approximate surface area is 66.1 Å². The Morgan fingerprint density at radius 3 is 3.00 bits per heavy atom. The molecule has 0 unspecified atom stereocenters. The predicted molar refractivity (Wildman–Crippen MR) is 43.4 cm³/mol. The molecule has 0 aromatic carbocycles. The van der Waals surface area contributed by atoms with Gasteiger partial charge in [-0.05, 0) is 5.75 Å². The maximum atomic E-state index is 5.31. The number of aromatic nitrogens is 1. The van der Waals surface area contributed by atoms with E-state index in [-0.39, 0.29) is 0 Å². The summed E-state index contributed by atoms with van der Waals surface area (Å²) < 4.78 is 5.31. The van der Waals surface area contributed by atoms with Gasteiger partial charge in [0, 0.05) is 12.8 Å². The van der Waals surface area contributed by atoms with Crippen molar-refractivity contribution in [2.24, 2.45) is 0 Å². The van der Waals surface area contributed by atoms with Crippen LogP contribution in [0.1, 0.15) is 18.6 Å². The Balaban J connectivity index is 2.59. The second kappa shape index (κ2) is 3.66. The third-order valence-corrected chi connectivity index (χ3v) is 1.50. The molecule has 10 heavy (non-hydrogen) atoms. The maximum Gasteiger partial charge on any atom is 0.195 e. The average molecular weight is 157 g/mol. The van der Waals surface area contributed by atoms with E-state index in [2.05, 4.69) is 17.6 Å². The summed E-state index contributed by atoms with van der Waals surface area (Å²) in [5, 5.41) is 0. The lowest BCUT2D eigenvalue weighted by Gasteiger charge is -1.87. The number of thiol groups is 1. The molecule has 0 fully saturated rings. The van der Waals surface area contributed by atoms with Gasteiger partial charge >= 0.3 is 0 Å². The SMILES string of the molecule is CCc1cnc(CCS)o1. The lowest BCUT2D eigenvalue weighted by molar-refractivity contribution is 0.465. The van der Waals surface area contributed by atoms with E-state index in [4.69, 9.17) is 4.42 Å². The Morgan fingerprint density at radius 1 is 1.70 bits per heavy atom. The summed E-state index contributed by atoms with van der Waals surface area (Å²) >= 11 is 4.07. The molecule has 1 aromatic rings. The van der Waals surface area contributed by atoms with Gasteiger partial charge in [-0.1, -0.05) is 6.92 Å². The van der Waals surface area contributed by atoms with Gasteiger partial charge in [-0.15, -0.1) is 0 Å². The first-order valence-corrected chi connectivity index (χ1v) is 4.04. The van der Waals surface area contributed by atoms with E-state index in [1.54, 1.807) is 6.20 Å². The molecule has 1 rings (SSSR count). The minimum atomic E-state index is 0.795. The van der Waals surface area contributed by atoms with Crippen LogP contribution >= 0.6 is 12.6 Å². The highest BCUT2D eigenvalue weighted by Gasteiger charge is 1.99. The highest BCUT2D eigenvalue weighted by atomic mass is 32.1. The van der Waals surface area contributed by atoms with E-state index < -0.39 is 0 Å². The van der Waals surface area contributed by atoms with Crippen molar-refractivity contribution in [3.63, 3.8) is 0 Å². The van der Waals surface area contributed by atoms with Crippen LogP contribution < -0.4 is 0 Å². The predicted octanol–water partition coefficient (Wildman–Crippen LogP) is 1.71. The molecular formula is C7H11NOS.